The Hall–Kier alpha value is -1.66. The molecule has 2 N–H and O–H groups in total. The number of hydrogen-bond donors (Lipinski definition) is 1. The van der Waals surface area contributed by atoms with Gasteiger partial charge in [0, 0.05) is 0 Å². The molecule has 0 bridgehead atoms. The molecule has 0 radical (unpaired) electrons. The second kappa shape index (κ2) is 5.03. The van der Waals surface area contributed by atoms with Gasteiger partial charge in [0.15, 0.2) is 0 Å². The van der Waals surface area contributed by atoms with Crippen molar-refractivity contribution < 1.29 is 8.91 Å². The van der Waals surface area contributed by atoms with Crippen molar-refractivity contribution in [1.29, 1.82) is 0 Å². The van der Waals surface area contributed by atoms with Gasteiger partial charge in [-0.3, -0.25) is 0 Å². The summed E-state index contributed by atoms with van der Waals surface area (Å²) in [7, 11) is 0. The summed E-state index contributed by atoms with van der Waals surface area (Å²) in [5.41, 5.74) is 8.86. The summed E-state index contributed by atoms with van der Waals surface area (Å²) in [5.74, 6) is -0.134. The summed E-state index contributed by atoms with van der Waals surface area (Å²) in [4.78, 5) is 0.925. The number of thiophene rings is 1. The molecule has 3 rings (SSSR count). The summed E-state index contributed by atoms with van der Waals surface area (Å²) in [6.07, 6.45) is 0. The Morgan fingerprint density at radius 3 is 2.80 bits per heavy atom. The molecule has 0 fully saturated rings. The van der Waals surface area contributed by atoms with Gasteiger partial charge in [0.1, 0.15) is 11.5 Å². The fraction of sp³-hybridized carbons (Fsp3) is 0.0714. The second-order valence-corrected chi connectivity index (χ2v) is 6.72. The van der Waals surface area contributed by atoms with Crippen LogP contribution in [0.25, 0.3) is 21.7 Å². The Balaban J connectivity index is 2.19. The molecular weight excluding hydrogens is 343 g/mol. The first-order chi connectivity index (χ1) is 9.56. The lowest BCUT2D eigenvalue weighted by atomic mass is 10.0. The quantitative estimate of drug-likeness (QED) is 0.716. The molecular formula is C14H10BrFN2OS. The topological polar surface area (TPSA) is 52.0 Å². The van der Waals surface area contributed by atoms with Gasteiger partial charge in [-0.25, -0.2) is 4.39 Å². The van der Waals surface area contributed by atoms with Gasteiger partial charge in [-0.1, -0.05) is 17.3 Å². The number of nitrogens with zero attached hydrogens (tertiary/aromatic N) is 1. The van der Waals surface area contributed by atoms with Gasteiger partial charge in [0.05, 0.1) is 14.2 Å². The van der Waals surface area contributed by atoms with Gasteiger partial charge in [0.25, 0.3) is 0 Å². The number of halogens is 2. The molecule has 2 heterocycles. The lowest BCUT2D eigenvalue weighted by Gasteiger charge is -2.01. The molecule has 0 aliphatic carbocycles. The largest absolute Gasteiger partial charge is 0.367 e. The minimum absolute atomic E-state index is 0.188. The molecule has 3 nitrogen and oxygen atoms in total. The number of rotatable bonds is 2. The van der Waals surface area contributed by atoms with Crippen LogP contribution in [0.15, 0.2) is 38.6 Å². The normalized spacial score (nSPS) is 10.9. The zero-order valence-electron chi connectivity index (χ0n) is 10.5. The highest BCUT2D eigenvalue weighted by Crippen LogP contribution is 2.41. The zero-order chi connectivity index (χ0) is 14.3. The zero-order valence-corrected chi connectivity index (χ0v) is 12.9. The number of aromatic nitrogens is 1. The third-order valence-electron chi connectivity index (χ3n) is 2.92. The highest BCUT2D eigenvalue weighted by atomic mass is 79.9. The fourth-order valence-electron chi connectivity index (χ4n) is 1.97. The van der Waals surface area contributed by atoms with E-state index in [0.717, 1.165) is 14.2 Å². The first-order valence-corrected chi connectivity index (χ1v) is 7.44. The average Bonchev–Trinajstić information content (AvgIpc) is 2.93. The molecule has 0 spiro atoms. The van der Waals surface area contributed by atoms with Crippen LogP contribution in [0.2, 0.25) is 0 Å². The van der Waals surface area contributed by atoms with Crippen LogP contribution >= 0.6 is 27.3 Å². The maximum atomic E-state index is 13.4. The van der Waals surface area contributed by atoms with Crippen LogP contribution in [0.1, 0.15) is 5.56 Å². The van der Waals surface area contributed by atoms with E-state index in [2.05, 4.69) is 21.1 Å². The molecule has 0 unspecified atom stereocenters. The predicted octanol–water partition coefficient (Wildman–Crippen LogP) is 4.86. The average molecular weight is 353 g/mol. The molecule has 2 aromatic heterocycles. The first-order valence-electron chi connectivity index (χ1n) is 5.83. The van der Waals surface area contributed by atoms with E-state index < -0.39 is 0 Å². The molecule has 0 aliphatic rings. The van der Waals surface area contributed by atoms with Gasteiger partial charge < -0.3 is 10.3 Å². The predicted molar refractivity (Wildman–Crippen MR) is 82.1 cm³/mol. The minimum Gasteiger partial charge on any atom is -0.367 e. The Kier molecular flexibility index (Phi) is 3.35. The van der Waals surface area contributed by atoms with E-state index in [9.17, 15) is 4.39 Å². The highest BCUT2D eigenvalue weighted by Gasteiger charge is 2.19. The molecule has 20 heavy (non-hydrogen) atoms. The van der Waals surface area contributed by atoms with Crippen LogP contribution in [-0.2, 0) is 0 Å². The number of anilines is 1. The van der Waals surface area contributed by atoms with Crippen LogP contribution in [0, 0.1) is 12.7 Å². The van der Waals surface area contributed by atoms with Gasteiger partial charge in [-0.05, 0) is 52.2 Å². The Labute approximate surface area is 127 Å². The molecule has 0 saturated carbocycles. The maximum Gasteiger partial charge on any atom is 0.230 e. The first kappa shape index (κ1) is 13.3. The molecule has 0 aliphatic heterocycles. The molecule has 0 amide bonds. The van der Waals surface area contributed by atoms with Crippen molar-refractivity contribution in [2.24, 2.45) is 0 Å². The fourth-order valence-corrected chi connectivity index (χ4v) is 3.49. The van der Waals surface area contributed by atoms with E-state index in [1.54, 1.807) is 12.1 Å². The molecule has 0 atom stereocenters. The smallest absolute Gasteiger partial charge is 0.230 e. The van der Waals surface area contributed by atoms with Gasteiger partial charge >= 0.3 is 0 Å². The third-order valence-corrected chi connectivity index (χ3v) is 5.07. The van der Waals surface area contributed by atoms with Crippen molar-refractivity contribution in [2.45, 2.75) is 6.92 Å². The van der Waals surface area contributed by atoms with Gasteiger partial charge in [-0.2, -0.15) is 0 Å². The lowest BCUT2D eigenvalue weighted by Crippen LogP contribution is -1.87. The lowest BCUT2D eigenvalue weighted by molar-refractivity contribution is 0.439. The molecule has 6 heteroatoms. The number of nitrogen functional groups attached to an aromatic ring is 1. The van der Waals surface area contributed by atoms with Crippen LogP contribution in [-0.4, -0.2) is 5.16 Å². The van der Waals surface area contributed by atoms with E-state index >= 15 is 0 Å². The van der Waals surface area contributed by atoms with Crippen molar-refractivity contribution in [1.82, 2.24) is 5.16 Å². The Morgan fingerprint density at radius 2 is 2.15 bits per heavy atom. The van der Waals surface area contributed by atoms with Crippen LogP contribution in [0.4, 0.5) is 10.3 Å². The monoisotopic (exact) mass is 352 g/mol. The number of nitrogens with two attached hydrogens (primary N) is 1. The van der Waals surface area contributed by atoms with Crippen molar-refractivity contribution in [3.8, 4) is 21.7 Å². The maximum absolute atomic E-state index is 13.4. The summed E-state index contributed by atoms with van der Waals surface area (Å²) >= 11 is 5.02. The van der Waals surface area contributed by atoms with E-state index in [0.29, 0.717) is 16.8 Å². The van der Waals surface area contributed by atoms with E-state index in [4.69, 9.17) is 10.3 Å². The summed E-state index contributed by atoms with van der Waals surface area (Å²) < 4.78 is 19.5. The number of aryl methyl sites for hydroxylation is 1. The van der Waals surface area contributed by atoms with E-state index in [-0.39, 0.29) is 11.7 Å². The van der Waals surface area contributed by atoms with Crippen molar-refractivity contribution in [3.63, 3.8) is 0 Å². The minimum atomic E-state index is -0.322. The molecule has 3 aromatic rings. The van der Waals surface area contributed by atoms with Crippen LogP contribution in [0.5, 0.6) is 0 Å². The molecule has 1 aromatic carbocycles. The van der Waals surface area contributed by atoms with Crippen LogP contribution in [0.3, 0.4) is 0 Å². The summed E-state index contributed by atoms with van der Waals surface area (Å²) in [6, 6.07) is 8.22. The standard InChI is InChI=1S/C14H10BrFN2OS/c1-7-5-10(20-13(7)15)12-11(14(17)19-18-12)8-3-2-4-9(16)6-8/h2-6H,17H2,1H3. The van der Waals surface area contributed by atoms with Gasteiger partial charge in [-0.15, -0.1) is 11.3 Å². The van der Waals surface area contributed by atoms with E-state index in [1.807, 2.05) is 13.0 Å². The van der Waals surface area contributed by atoms with Crippen LogP contribution < -0.4 is 5.73 Å². The number of benzene rings is 1. The second-order valence-electron chi connectivity index (χ2n) is 4.35. The number of hydrogen-bond acceptors (Lipinski definition) is 4. The highest BCUT2D eigenvalue weighted by molar-refractivity contribution is 9.11. The molecule has 0 saturated heterocycles. The van der Waals surface area contributed by atoms with E-state index in [1.165, 1.54) is 23.5 Å². The van der Waals surface area contributed by atoms with Crippen molar-refractivity contribution in [2.75, 3.05) is 5.73 Å². The van der Waals surface area contributed by atoms with Crippen molar-refractivity contribution >= 4 is 33.2 Å². The summed E-state index contributed by atoms with van der Waals surface area (Å²) in [5, 5.41) is 4.01. The Morgan fingerprint density at radius 1 is 1.35 bits per heavy atom. The molecule has 102 valence electrons. The Bertz CT molecular complexity index is 762. The third kappa shape index (κ3) is 2.25. The SMILES string of the molecule is Cc1cc(-c2noc(N)c2-c2cccc(F)c2)sc1Br. The summed E-state index contributed by atoms with van der Waals surface area (Å²) in [6.45, 7) is 2.00. The van der Waals surface area contributed by atoms with Crippen molar-refractivity contribution in [3.05, 3.63) is 45.5 Å². The van der Waals surface area contributed by atoms with Gasteiger partial charge in [0.2, 0.25) is 5.88 Å².